The highest BCUT2D eigenvalue weighted by molar-refractivity contribution is 7.99. The molecular formula is C17H16N2O3S. The molecule has 118 valence electrons. The Bertz CT molecular complexity index is 865. The van der Waals surface area contributed by atoms with Gasteiger partial charge in [-0.25, -0.2) is 4.98 Å². The van der Waals surface area contributed by atoms with Crippen molar-refractivity contribution < 1.29 is 10.2 Å². The molecule has 2 aromatic carbocycles. The van der Waals surface area contributed by atoms with Crippen LogP contribution in [-0.4, -0.2) is 38.2 Å². The van der Waals surface area contributed by atoms with Crippen molar-refractivity contribution in [3.63, 3.8) is 0 Å². The van der Waals surface area contributed by atoms with Gasteiger partial charge in [-0.15, -0.1) is 0 Å². The van der Waals surface area contributed by atoms with Gasteiger partial charge in [-0.2, -0.15) is 0 Å². The molecule has 6 heteroatoms. The van der Waals surface area contributed by atoms with E-state index in [2.05, 4.69) is 4.98 Å². The summed E-state index contributed by atoms with van der Waals surface area (Å²) >= 11 is 1.25. The molecule has 1 aromatic heterocycles. The molecule has 0 radical (unpaired) electrons. The van der Waals surface area contributed by atoms with Crippen LogP contribution in [0.4, 0.5) is 0 Å². The van der Waals surface area contributed by atoms with Crippen molar-refractivity contribution in [2.45, 2.75) is 11.3 Å². The largest absolute Gasteiger partial charge is 0.394 e. The number of hydrogen-bond donors (Lipinski definition) is 2. The summed E-state index contributed by atoms with van der Waals surface area (Å²) in [6.45, 7) is -0.323. The lowest BCUT2D eigenvalue weighted by Gasteiger charge is -2.14. The Morgan fingerprint density at radius 1 is 1.09 bits per heavy atom. The van der Waals surface area contributed by atoms with Gasteiger partial charge in [-0.3, -0.25) is 9.36 Å². The normalized spacial score (nSPS) is 12.4. The molecule has 23 heavy (non-hydrogen) atoms. The molecule has 0 aliphatic rings. The first-order chi connectivity index (χ1) is 11.2. The molecule has 1 atom stereocenters. The third-order valence-corrected chi connectivity index (χ3v) is 4.46. The molecule has 1 heterocycles. The summed E-state index contributed by atoms with van der Waals surface area (Å²) in [7, 11) is 0. The molecule has 0 saturated carbocycles. The molecule has 0 saturated heterocycles. The van der Waals surface area contributed by atoms with E-state index in [1.54, 1.807) is 12.1 Å². The summed E-state index contributed by atoms with van der Waals surface area (Å²) < 4.78 is 1.54. The highest BCUT2D eigenvalue weighted by Gasteiger charge is 2.14. The zero-order valence-corrected chi connectivity index (χ0v) is 13.1. The van der Waals surface area contributed by atoms with Gasteiger partial charge in [0, 0.05) is 5.75 Å². The minimum Gasteiger partial charge on any atom is -0.394 e. The van der Waals surface area contributed by atoms with E-state index < -0.39 is 6.10 Å². The lowest BCUT2D eigenvalue weighted by atomic mass is 10.2. The number of thioether (sulfide) groups is 1. The number of aromatic nitrogens is 2. The van der Waals surface area contributed by atoms with Crippen molar-refractivity contribution in [1.29, 1.82) is 0 Å². The highest BCUT2D eigenvalue weighted by atomic mass is 32.2. The van der Waals surface area contributed by atoms with Crippen LogP contribution in [0.15, 0.2) is 64.5 Å². The minimum absolute atomic E-state index is 0.150. The highest BCUT2D eigenvalue weighted by Crippen LogP contribution is 2.21. The Labute approximate surface area is 137 Å². The number of hydrogen-bond acceptors (Lipinski definition) is 5. The Kier molecular flexibility index (Phi) is 4.76. The second-order valence-electron chi connectivity index (χ2n) is 5.04. The minimum atomic E-state index is -0.854. The topological polar surface area (TPSA) is 75.3 Å². The molecular weight excluding hydrogens is 312 g/mol. The third kappa shape index (κ3) is 3.29. The molecule has 3 rings (SSSR count). The van der Waals surface area contributed by atoms with Crippen LogP contribution in [-0.2, 0) is 0 Å². The van der Waals surface area contributed by atoms with Gasteiger partial charge in [0.2, 0.25) is 0 Å². The number of fused-ring (bicyclic) bond motifs is 1. The Hall–Kier alpha value is -2.15. The molecule has 3 aromatic rings. The molecule has 0 fully saturated rings. The van der Waals surface area contributed by atoms with Gasteiger partial charge in [0.25, 0.3) is 5.56 Å². The van der Waals surface area contributed by atoms with Crippen molar-refractivity contribution >= 4 is 22.7 Å². The Morgan fingerprint density at radius 2 is 1.78 bits per heavy atom. The standard InChI is InChI=1S/C17H16N2O3S/c20-10-13(21)11-23-17-18-15-9-5-4-8-14(15)16(22)19(17)12-6-2-1-3-7-12/h1-9,13,20-21H,10-11H2. The van der Waals surface area contributed by atoms with Gasteiger partial charge in [0.1, 0.15) is 0 Å². The van der Waals surface area contributed by atoms with Gasteiger partial charge in [0.15, 0.2) is 5.16 Å². The van der Waals surface area contributed by atoms with Crippen LogP contribution in [0.5, 0.6) is 0 Å². The van der Waals surface area contributed by atoms with Crippen molar-refractivity contribution in [3.8, 4) is 5.69 Å². The average molecular weight is 328 g/mol. The van der Waals surface area contributed by atoms with Crippen molar-refractivity contribution in [2.75, 3.05) is 12.4 Å². The molecule has 0 spiro atoms. The fraction of sp³-hybridized carbons (Fsp3) is 0.176. The van der Waals surface area contributed by atoms with E-state index in [0.717, 1.165) is 5.69 Å². The molecule has 5 nitrogen and oxygen atoms in total. The Morgan fingerprint density at radius 3 is 2.52 bits per heavy atom. The van der Waals surface area contributed by atoms with E-state index in [9.17, 15) is 9.90 Å². The van der Waals surface area contributed by atoms with Crippen LogP contribution < -0.4 is 5.56 Å². The zero-order chi connectivity index (χ0) is 16.2. The van der Waals surface area contributed by atoms with Gasteiger partial charge in [-0.05, 0) is 24.3 Å². The average Bonchev–Trinajstić information content (AvgIpc) is 2.60. The lowest BCUT2D eigenvalue weighted by Crippen LogP contribution is -2.23. The number of nitrogens with zero attached hydrogens (tertiary/aromatic N) is 2. The number of rotatable bonds is 5. The van der Waals surface area contributed by atoms with E-state index >= 15 is 0 Å². The molecule has 0 aliphatic carbocycles. The van der Waals surface area contributed by atoms with Gasteiger partial charge >= 0.3 is 0 Å². The van der Waals surface area contributed by atoms with E-state index in [4.69, 9.17) is 5.11 Å². The van der Waals surface area contributed by atoms with Crippen LogP contribution >= 0.6 is 11.8 Å². The van der Waals surface area contributed by atoms with Crippen molar-refractivity contribution in [2.24, 2.45) is 0 Å². The molecule has 0 amide bonds. The van der Waals surface area contributed by atoms with Crippen LogP contribution in [0.25, 0.3) is 16.6 Å². The first-order valence-corrected chi connectivity index (χ1v) is 8.18. The fourth-order valence-electron chi connectivity index (χ4n) is 2.24. The predicted molar refractivity (Wildman–Crippen MR) is 91.2 cm³/mol. The monoisotopic (exact) mass is 328 g/mol. The van der Waals surface area contributed by atoms with E-state index in [-0.39, 0.29) is 17.9 Å². The smallest absolute Gasteiger partial charge is 0.266 e. The van der Waals surface area contributed by atoms with Crippen molar-refractivity contribution in [3.05, 3.63) is 65.0 Å². The number of para-hydroxylation sites is 2. The van der Waals surface area contributed by atoms with Crippen LogP contribution in [0.1, 0.15) is 0 Å². The summed E-state index contributed by atoms with van der Waals surface area (Å²) in [4.78, 5) is 17.4. The third-order valence-electron chi connectivity index (χ3n) is 3.37. The maximum absolute atomic E-state index is 12.9. The lowest BCUT2D eigenvalue weighted by molar-refractivity contribution is 0.113. The number of aliphatic hydroxyl groups excluding tert-OH is 2. The molecule has 2 N–H and O–H groups in total. The Balaban J connectivity index is 2.17. The second kappa shape index (κ2) is 6.95. The van der Waals surface area contributed by atoms with Gasteiger partial charge in [-0.1, -0.05) is 42.1 Å². The second-order valence-corrected chi connectivity index (χ2v) is 6.02. The summed E-state index contributed by atoms with van der Waals surface area (Å²) in [6.07, 6.45) is -0.854. The number of benzene rings is 2. The summed E-state index contributed by atoms with van der Waals surface area (Å²) in [6, 6.07) is 16.4. The first kappa shape index (κ1) is 15.7. The van der Waals surface area contributed by atoms with E-state index in [0.29, 0.717) is 16.1 Å². The van der Waals surface area contributed by atoms with Gasteiger partial charge in [0.05, 0.1) is 29.3 Å². The van der Waals surface area contributed by atoms with Crippen LogP contribution in [0.3, 0.4) is 0 Å². The molecule has 0 aliphatic heterocycles. The van der Waals surface area contributed by atoms with Crippen LogP contribution in [0, 0.1) is 0 Å². The summed E-state index contributed by atoms with van der Waals surface area (Å²) in [5.41, 5.74) is 1.19. The SMILES string of the molecule is O=c1c2ccccc2nc(SCC(O)CO)n1-c1ccccc1. The summed E-state index contributed by atoms with van der Waals surface area (Å²) in [5.74, 6) is 0.258. The van der Waals surface area contributed by atoms with Gasteiger partial charge < -0.3 is 10.2 Å². The zero-order valence-electron chi connectivity index (χ0n) is 12.3. The van der Waals surface area contributed by atoms with E-state index in [1.807, 2.05) is 42.5 Å². The molecule has 1 unspecified atom stereocenters. The maximum Gasteiger partial charge on any atom is 0.266 e. The predicted octanol–water partition coefficient (Wildman–Crippen LogP) is 1.83. The van der Waals surface area contributed by atoms with E-state index in [1.165, 1.54) is 16.3 Å². The number of aliphatic hydroxyl groups is 2. The first-order valence-electron chi connectivity index (χ1n) is 7.19. The molecule has 0 bridgehead atoms. The quantitative estimate of drug-likeness (QED) is 0.552. The van der Waals surface area contributed by atoms with Crippen LogP contribution in [0.2, 0.25) is 0 Å². The maximum atomic E-state index is 12.9. The summed E-state index contributed by atoms with van der Waals surface area (Å²) in [5, 5.41) is 19.6. The van der Waals surface area contributed by atoms with Crippen molar-refractivity contribution in [1.82, 2.24) is 9.55 Å². The fourth-order valence-corrected chi connectivity index (χ4v) is 3.16.